The van der Waals surface area contributed by atoms with Crippen molar-refractivity contribution in [2.75, 3.05) is 13.7 Å². The summed E-state index contributed by atoms with van der Waals surface area (Å²) in [6.07, 6.45) is 12.8. The zero-order valence-electron chi connectivity index (χ0n) is 11.6. The van der Waals surface area contributed by atoms with Crippen molar-refractivity contribution in [3.63, 3.8) is 0 Å². The summed E-state index contributed by atoms with van der Waals surface area (Å²) in [5.74, 6) is 2.20. The fourth-order valence-electron chi connectivity index (χ4n) is 2.45. The van der Waals surface area contributed by atoms with Crippen LogP contribution in [0.4, 0.5) is 0 Å². The molecule has 0 aromatic rings. The lowest BCUT2D eigenvalue weighted by molar-refractivity contribution is 0.170. The Kier molecular flexibility index (Phi) is 7.94. The molecule has 0 spiro atoms. The second kappa shape index (κ2) is 9.38. The molecule has 0 N–H and O–H groups in total. The van der Waals surface area contributed by atoms with Crippen molar-refractivity contribution in [2.45, 2.75) is 71.1 Å². The predicted octanol–water partition coefficient (Wildman–Crippen LogP) is 4.80. The lowest BCUT2D eigenvalue weighted by Crippen LogP contribution is -2.01. The van der Waals surface area contributed by atoms with Crippen molar-refractivity contribution in [3.8, 4) is 0 Å². The van der Waals surface area contributed by atoms with E-state index in [4.69, 9.17) is 9.47 Å². The summed E-state index contributed by atoms with van der Waals surface area (Å²) >= 11 is 0. The normalized spacial score (nSPS) is 24.6. The maximum absolute atomic E-state index is 5.74. The van der Waals surface area contributed by atoms with Gasteiger partial charge in [0.1, 0.15) is 11.5 Å². The van der Waals surface area contributed by atoms with Gasteiger partial charge in [-0.2, -0.15) is 0 Å². The summed E-state index contributed by atoms with van der Waals surface area (Å²) < 4.78 is 11.3. The van der Waals surface area contributed by atoms with E-state index in [0.29, 0.717) is 0 Å². The van der Waals surface area contributed by atoms with Crippen LogP contribution in [0, 0.1) is 0 Å². The van der Waals surface area contributed by atoms with E-state index in [2.05, 4.69) is 6.92 Å². The number of methoxy groups -OCH3 is 1. The van der Waals surface area contributed by atoms with Crippen molar-refractivity contribution in [2.24, 2.45) is 0 Å². The zero-order valence-corrected chi connectivity index (χ0v) is 11.6. The van der Waals surface area contributed by atoms with Crippen LogP contribution in [0.5, 0.6) is 0 Å². The molecule has 100 valence electrons. The third kappa shape index (κ3) is 5.99. The second-order valence-corrected chi connectivity index (χ2v) is 4.81. The van der Waals surface area contributed by atoms with Gasteiger partial charge < -0.3 is 9.47 Å². The minimum Gasteiger partial charge on any atom is -0.498 e. The van der Waals surface area contributed by atoms with E-state index in [1.165, 1.54) is 51.4 Å². The van der Waals surface area contributed by atoms with Crippen LogP contribution >= 0.6 is 0 Å². The molecule has 0 atom stereocenters. The summed E-state index contributed by atoms with van der Waals surface area (Å²) in [6, 6.07) is 0. The number of hydrogen-bond acceptors (Lipinski definition) is 2. The van der Waals surface area contributed by atoms with E-state index >= 15 is 0 Å². The van der Waals surface area contributed by atoms with Gasteiger partial charge in [-0.05, 0) is 19.8 Å². The van der Waals surface area contributed by atoms with Crippen molar-refractivity contribution < 1.29 is 9.47 Å². The fourth-order valence-corrected chi connectivity index (χ4v) is 2.45. The first kappa shape index (κ1) is 14.4. The Hall–Kier alpha value is -0.660. The topological polar surface area (TPSA) is 18.5 Å². The number of allylic oxidation sites excluding steroid dienone is 2. The largest absolute Gasteiger partial charge is 0.498 e. The quantitative estimate of drug-likeness (QED) is 0.705. The lowest BCUT2D eigenvalue weighted by Gasteiger charge is -2.15. The highest BCUT2D eigenvalue weighted by atomic mass is 16.5. The minimum absolute atomic E-state index is 0.752. The minimum atomic E-state index is 0.752. The van der Waals surface area contributed by atoms with Crippen molar-refractivity contribution in [1.82, 2.24) is 0 Å². The van der Waals surface area contributed by atoms with Gasteiger partial charge in [-0.15, -0.1) is 0 Å². The van der Waals surface area contributed by atoms with Crippen molar-refractivity contribution in [3.05, 3.63) is 11.5 Å². The van der Waals surface area contributed by atoms with Crippen LogP contribution in [-0.2, 0) is 9.47 Å². The first-order valence-corrected chi connectivity index (χ1v) is 7.27. The van der Waals surface area contributed by atoms with Crippen molar-refractivity contribution >= 4 is 0 Å². The van der Waals surface area contributed by atoms with Crippen LogP contribution < -0.4 is 0 Å². The molecule has 0 saturated carbocycles. The molecule has 2 heteroatoms. The van der Waals surface area contributed by atoms with E-state index in [-0.39, 0.29) is 0 Å². The summed E-state index contributed by atoms with van der Waals surface area (Å²) in [5, 5.41) is 0. The monoisotopic (exact) mass is 240 g/mol. The van der Waals surface area contributed by atoms with Gasteiger partial charge in [-0.25, -0.2) is 0 Å². The molecule has 17 heavy (non-hydrogen) atoms. The van der Waals surface area contributed by atoms with Crippen LogP contribution in [-0.4, -0.2) is 13.7 Å². The molecule has 0 radical (unpaired) electrons. The average Bonchev–Trinajstić information content (AvgIpc) is 2.33. The summed E-state index contributed by atoms with van der Waals surface area (Å²) in [6.45, 7) is 2.80. The van der Waals surface area contributed by atoms with E-state index in [0.717, 1.165) is 31.0 Å². The molecule has 0 aromatic heterocycles. The van der Waals surface area contributed by atoms with E-state index in [1.807, 2.05) is 0 Å². The number of hydrogen-bond donors (Lipinski definition) is 0. The Bertz CT molecular complexity index is 221. The maximum Gasteiger partial charge on any atom is 0.133 e. The predicted molar refractivity (Wildman–Crippen MR) is 71.8 cm³/mol. The SMILES string of the molecule is CCO/C1=C(\OC)CCCCCCCCCC1. The van der Waals surface area contributed by atoms with Gasteiger partial charge in [0.25, 0.3) is 0 Å². The van der Waals surface area contributed by atoms with E-state index in [1.54, 1.807) is 7.11 Å². The smallest absolute Gasteiger partial charge is 0.133 e. The van der Waals surface area contributed by atoms with Gasteiger partial charge in [0, 0.05) is 12.8 Å². The van der Waals surface area contributed by atoms with Crippen molar-refractivity contribution in [1.29, 1.82) is 0 Å². The third-order valence-electron chi connectivity index (χ3n) is 3.43. The standard InChI is InChI=1S/C15H28O2/c1-3-17-15-13-11-9-7-5-4-6-8-10-12-14(15)16-2/h3-13H2,1-2H3/b15-14-. The van der Waals surface area contributed by atoms with Gasteiger partial charge in [0.05, 0.1) is 13.7 Å². The Labute approximate surface area is 106 Å². The third-order valence-corrected chi connectivity index (χ3v) is 3.43. The van der Waals surface area contributed by atoms with Gasteiger partial charge in [0.15, 0.2) is 0 Å². The Morgan fingerprint density at radius 3 is 1.71 bits per heavy atom. The number of ether oxygens (including phenoxy) is 2. The van der Waals surface area contributed by atoms with Crippen LogP contribution in [0.15, 0.2) is 11.5 Å². The van der Waals surface area contributed by atoms with Crippen LogP contribution in [0.25, 0.3) is 0 Å². The molecular formula is C15H28O2. The number of rotatable bonds is 3. The average molecular weight is 240 g/mol. The Morgan fingerprint density at radius 1 is 0.765 bits per heavy atom. The fraction of sp³-hybridized carbons (Fsp3) is 0.867. The van der Waals surface area contributed by atoms with Crippen LogP contribution in [0.3, 0.4) is 0 Å². The second-order valence-electron chi connectivity index (χ2n) is 4.81. The molecule has 0 unspecified atom stereocenters. The first-order valence-electron chi connectivity index (χ1n) is 7.27. The molecular weight excluding hydrogens is 212 g/mol. The van der Waals surface area contributed by atoms with Gasteiger partial charge in [-0.1, -0.05) is 38.5 Å². The Morgan fingerprint density at radius 2 is 1.24 bits per heavy atom. The van der Waals surface area contributed by atoms with E-state index in [9.17, 15) is 0 Å². The molecule has 1 aliphatic carbocycles. The molecule has 0 aromatic carbocycles. The molecule has 1 rings (SSSR count). The van der Waals surface area contributed by atoms with E-state index < -0.39 is 0 Å². The summed E-state index contributed by atoms with van der Waals surface area (Å²) in [5.41, 5.74) is 0. The molecule has 0 aliphatic heterocycles. The summed E-state index contributed by atoms with van der Waals surface area (Å²) in [7, 11) is 1.78. The molecule has 0 saturated heterocycles. The highest BCUT2D eigenvalue weighted by Gasteiger charge is 2.09. The molecule has 1 aliphatic rings. The van der Waals surface area contributed by atoms with Crippen LogP contribution in [0.2, 0.25) is 0 Å². The lowest BCUT2D eigenvalue weighted by atomic mass is 10.0. The molecule has 2 nitrogen and oxygen atoms in total. The van der Waals surface area contributed by atoms with Gasteiger partial charge in [-0.3, -0.25) is 0 Å². The highest BCUT2D eigenvalue weighted by Crippen LogP contribution is 2.22. The van der Waals surface area contributed by atoms with Crippen LogP contribution in [0.1, 0.15) is 71.1 Å². The first-order chi connectivity index (χ1) is 8.38. The molecule has 0 bridgehead atoms. The highest BCUT2D eigenvalue weighted by molar-refractivity contribution is 5.02. The molecule has 0 heterocycles. The molecule has 0 fully saturated rings. The van der Waals surface area contributed by atoms with Gasteiger partial charge in [0.2, 0.25) is 0 Å². The van der Waals surface area contributed by atoms with Gasteiger partial charge >= 0.3 is 0 Å². The Balaban J connectivity index is 2.58. The maximum atomic E-state index is 5.74. The zero-order chi connectivity index (χ0) is 12.3. The molecule has 0 amide bonds. The summed E-state index contributed by atoms with van der Waals surface area (Å²) in [4.78, 5) is 0.